The summed E-state index contributed by atoms with van der Waals surface area (Å²) in [5, 5.41) is 4.25. The standard InChI is InChI=1S/C17H13F3N4O/c18-17(19,20)25-15-8-6-14(7-9-15)24-11-22-16(23-24)10-3-12-1-4-13(21)5-2-12/h1-11H,21H2/b10-3+. The Hall–Kier alpha value is -3.29. The predicted octanol–water partition coefficient (Wildman–Crippen LogP) is 3.92. The van der Waals surface area contributed by atoms with Crippen LogP contribution in [0.25, 0.3) is 17.8 Å². The van der Waals surface area contributed by atoms with E-state index in [1.807, 2.05) is 18.2 Å². The van der Waals surface area contributed by atoms with E-state index in [4.69, 9.17) is 5.73 Å². The molecule has 0 saturated carbocycles. The highest BCUT2D eigenvalue weighted by atomic mass is 19.4. The van der Waals surface area contributed by atoms with Gasteiger partial charge in [-0.1, -0.05) is 18.2 Å². The number of ether oxygens (including phenoxy) is 1. The second kappa shape index (κ2) is 6.68. The normalized spacial score (nSPS) is 11.8. The Bertz CT molecular complexity index is 868. The van der Waals surface area contributed by atoms with Crippen LogP contribution in [0.4, 0.5) is 18.9 Å². The average Bonchev–Trinajstić information content (AvgIpc) is 3.02. The molecule has 0 aliphatic carbocycles. The largest absolute Gasteiger partial charge is 0.573 e. The minimum Gasteiger partial charge on any atom is -0.406 e. The molecule has 3 rings (SSSR count). The molecule has 0 aliphatic heterocycles. The Morgan fingerprint density at radius 1 is 0.960 bits per heavy atom. The molecule has 8 heteroatoms. The van der Waals surface area contributed by atoms with Gasteiger partial charge in [0.25, 0.3) is 0 Å². The fourth-order valence-electron chi connectivity index (χ4n) is 2.06. The topological polar surface area (TPSA) is 66.0 Å². The molecular weight excluding hydrogens is 333 g/mol. The van der Waals surface area contributed by atoms with E-state index in [2.05, 4.69) is 14.8 Å². The van der Waals surface area contributed by atoms with Gasteiger partial charge < -0.3 is 10.5 Å². The molecule has 25 heavy (non-hydrogen) atoms. The van der Waals surface area contributed by atoms with Crippen LogP contribution in [0.5, 0.6) is 5.75 Å². The van der Waals surface area contributed by atoms with Gasteiger partial charge in [0.1, 0.15) is 12.1 Å². The second-order valence-corrected chi connectivity index (χ2v) is 5.09. The number of hydrogen-bond acceptors (Lipinski definition) is 4. The smallest absolute Gasteiger partial charge is 0.406 e. The number of halogens is 3. The molecular formula is C17H13F3N4O. The van der Waals surface area contributed by atoms with Crippen LogP contribution in [-0.2, 0) is 0 Å². The summed E-state index contributed by atoms with van der Waals surface area (Å²) in [6.45, 7) is 0. The number of alkyl halides is 3. The maximum absolute atomic E-state index is 12.2. The van der Waals surface area contributed by atoms with Gasteiger partial charge in [0.05, 0.1) is 5.69 Å². The molecule has 0 atom stereocenters. The van der Waals surface area contributed by atoms with E-state index in [1.54, 1.807) is 18.2 Å². The highest BCUT2D eigenvalue weighted by molar-refractivity contribution is 5.67. The average molecular weight is 346 g/mol. The summed E-state index contributed by atoms with van der Waals surface area (Å²) in [7, 11) is 0. The van der Waals surface area contributed by atoms with Crippen molar-refractivity contribution in [1.82, 2.24) is 14.8 Å². The van der Waals surface area contributed by atoms with Gasteiger partial charge in [0.2, 0.25) is 0 Å². The fraction of sp³-hybridized carbons (Fsp3) is 0.0588. The van der Waals surface area contributed by atoms with Crippen molar-refractivity contribution in [3.63, 3.8) is 0 Å². The summed E-state index contributed by atoms with van der Waals surface area (Å²) in [5.41, 5.74) is 7.81. The number of nitrogens with two attached hydrogens (primary N) is 1. The lowest BCUT2D eigenvalue weighted by Crippen LogP contribution is -2.17. The summed E-state index contributed by atoms with van der Waals surface area (Å²) >= 11 is 0. The maximum Gasteiger partial charge on any atom is 0.573 e. The molecule has 0 aliphatic rings. The molecule has 2 aromatic carbocycles. The SMILES string of the molecule is Nc1ccc(/C=C/c2ncn(-c3ccc(OC(F)(F)F)cc3)n2)cc1. The van der Waals surface area contributed by atoms with Gasteiger partial charge in [0.15, 0.2) is 5.82 Å². The fourth-order valence-corrected chi connectivity index (χ4v) is 2.06. The third-order valence-electron chi connectivity index (χ3n) is 3.21. The summed E-state index contributed by atoms with van der Waals surface area (Å²) in [6.07, 6.45) is 0.319. The highest BCUT2D eigenvalue weighted by Crippen LogP contribution is 2.23. The Balaban J connectivity index is 1.71. The summed E-state index contributed by atoms with van der Waals surface area (Å²) in [4.78, 5) is 4.14. The van der Waals surface area contributed by atoms with Crippen molar-refractivity contribution in [3.05, 3.63) is 66.2 Å². The first-order valence-corrected chi connectivity index (χ1v) is 7.20. The molecule has 0 bridgehead atoms. The van der Waals surface area contributed by atoms with E-state index in [0.717, 1.165) is 5.56 Å². The molecule has 0 radical (unpaired) electrons. The monoisotopic (exact) mass is 346 g/mol. The maximum atomic E-state index is 12.2. The van der Waals surface area contributed by atoms with Crippen LogP contribution in [0.1, 0.15) is 11.4 Å². The van der Waals surface area contributed by atoms with Crippen molar-refractivity contribution >= 4 is 17.8 Å². The van der Waals surface area contributed by atoms with Crippen molar-refractivity contribution in [2.45, 2.75) is 6.36 Å². The van der Waals surface area contributed by atoms with Crippen LogP contribution in [0.15, 0.2) is 54.9 Å². The molecule has 2 N–H and O–H groups in total. The highest BCUT2D eigenvalue weighted by Gasteiger charge is 2.30. The molecule has 0 amide bonds. The van der Waals surface area contributed by atoms with Crippen molar-refractivity contribution in [3.8, 4) is 11.4 Å². The van der Waals surface area contributed by atoms with E-state index in [0.29, 0.717) is 17.2 Å². The third-order valence-corrected chi connectivity index (χ3v) is 3.21. The number of hydrogen-bond donors (Lipinski definition) is 1. The number of nitrogens with zero attached hydrogens (tertiary/aromatic N) is 3. The van der Waals surface area contributed by atoms with Gasteiger partial charge in [-0.3, -0.25) is 0 Å². The lowest BCUT2D eigenvalue weighted by molar-refractivity contribution is -0.274. The number of benzene rings is 2. The summed E-state index contributed by atoms with van der Waals surface area (Å²) < 4.78 is 41.7. The van der Waals surface area contributed by atoms with Gasteiger partial charge in [0, 0.05) is 5.69 Å². The van der Waals surface area contributed by atoms with Gasteiger partial charge in [-0.05, 0) is 48.0 Å². The van der Waals surface area contributed by atoms with Gasteiger partial charge in [-0.15, -0.1) is 18.3 Å². The first-order chi connectivity index (χ1) is 11.9. The van der Waals surface area contributed by atoms with Gasteiger partial charge in [-0.2, -0.15) is 0 Å². The zero-order valence-electron chi connectivity index (χ0n) is 12.8. The molecule has 3 aromatic rings. The number of anilines is 1. The minimum absolute atomic E-state index is 0.292. The molecule has 1 aromatic heterocycles. The van der Waals surface area contributed by atoms with E-state index < -0.39 is 6.36 Å². The second-order valence-electron chi connectivity index (χ2n) is 5.09. The number of rotatable bonds is 4. The number of nitrogen functional groups attached to an aromatic ring is 1. The van der Waals surface area contributed by atoms with E-state index in [-0.39, 0.29) is 5.75 Å². The number of aromatic nitrogens is 3. The Morgan fingerprint density at radius 2 is 1.64 bits per heavy atom. The van der Waals surface area contributed by atoms with Crippen molar-refractivity contribution in [2.75, 3.05) is 5.73 Å². The van der Waals surface area contributed by atoms with Crippen LogP contribution < -0.4 is 10.5 Å². The Morgan fingerprint density at radius 3 is 2.28 bits per heavy atom. The summed E-state index contributed by atoms with van der Waals surface area (Å²) in [6, 6.07) is 12.7. The molecule has 0 fully saturated rings. The van der Waals surface area contributed by atoms with E-state index in [9.17, 15) is 13.2 Å². The van der Waals surface area contributed by atoms with Crippen LogP contribution in [-0.4, -0.2) is 21.1 Å². The minimum atomic E-state index is -4.71. The summed E-state index contributed by atoms with van der Waals surface area (Å²) in [5.74, 6) is 0.173. The quantitative estimate of drug-likeness (QED) is 0.727. The molecule has 1 heterocycles. The Labute approximate surface area is 141 Å². The van der Waals surface area contributed by atoms with Crippen molar-refractivity contribution in [1.29, 1.82) is 0 Å². The first-order valence-electron chi connectivity index (χ1n) is 7.20. The lowest BCUT2D eigenvalue weighted by Gasteiger charge is -2.08. The zero-order valence-corrected chi connectivity index (χ0v) is 12.8. The van der Waals surface area contributed by atoms with Crippen LogP contribution >= 0.6 is 0 Å². The lowest BCUT2D eigenvalue weighted by atomic mass is 10.2. The third kappa shape index (κ3) is 4.60. The van der Waals surface area contributed by atoms with Gasteiger partial charge >= 0.3 is 6.36 Å². The van der Waals surface area contributed by atoms with E-state index >= 15 is 0 Å². The van der Waals surface area contributed by atoms with Crippen LogP contribution in [0, 0.1) is 0 Å². The van der Waals surface area contributed by atoms with Gasteiger partial charge in [-0.25, -0.2) is 9.67 Å². The van der Waals surface area contributed by atoms with Crippen LogP contribution in [0.3, 0.4) is 0 Å². The Kier molecular flexibility index (Phi) is 4.42. The molecule has 0 unspecified atom stereocenters. The zero-order chi connectivity index (χ0) is 17.9. The molecule has 0 spiro atoms. The van der Waals surface area contributed by atoms with E-state index in [1.165, 1.54) is 35.3 Å². The predicted molar refractivity (Wildman–Crippen MR) is 87.8 cm³/mol. The van der Waals surface area contributed by atoms with Crippen molar-refractivity contribution in [2.24, 2.45) is 0 Å². The molecule has 128 valence electrons. The molecule has 0 saturated heterocycles. The van der Waals surface area contributed by atoms with Crippen molar-refractivity contribution < 1.29 is 17.9 Å². The molecule has 5 nitrogen and oxygen atoms in total. The first kappa shape index (κ1) is 16.6. The van der Waals surface area contributed by atoms with Crippen LogP contribution in [0.2, 0.25) is 0 Å².